The lowest BCUT2D eigenvalue weighted by Crippen LogP contribution is -2.50. The van der Waals surface area contributed by atoms with Gasteiger partial charge in [0, 0.05) is 41.7 Å². The maximum atomic E-state index is 13.4. The first-order valence-electron chi connectivity index (χ1n) is 11.7. The topological polar surface area (TPSA) is 57.6 Å². The fourth-order valence-corrected chi connectivity index (χ4v) is 4.68. The molecule has 0 saturated heterocycles. The number of hydrogen-bond donors (Lipinski definition) is 1. The average molecular weight is 457 g/mol. The van der Waals surface area contributed by atoms with Crippen molar-refractivity contribution in [1.29, 1.82) is 0 Å². The molecule has 3 amide bonds. The Morgan fingerprint density at radius 3 is 2.41 bits per heavy atom. The monoisotopic (exact) mass is 456 g/mol. The molecule has 32 heavy (non-hydrogen) atoms. The molecule has 4 rings (SSSR count). The molecule has 0 atom stereocenters. The summed E-state index contributed by atoms with van der Waals surface area (Å²) in [4.78, 5) is 30.5. The summed E-state index contributed by atoms with van der Waals surface area (Å²) in [6, 6.07) is 9.71. The van der Waals surface area contributed by atoms with Crippen molar-refractivity contribution in [3.8, 4) is 0 Å². The quantitative estimate of drug-likeness (QED) is 0.610. The van der Waals surface area contributed by atoms with Gasteiger partial charge in [0.1, 0.15) is 6.54 Å². The highest BCUT2D eigenvalue weighted by Crippen LogP contribution is 2.30. The lowest BCUT2D eigenvalue weighted by atomic mass is 9.94. The molecule has 2 aliphatic carbocycles. The summed E-state index contributed by atoms with van der Waals surface area (Å²) < 4.78 is 2.05. The van der Waals surface area contributed by atoms with Crippen LogP contribution in [-0.2, 0) is 18.4 Å². The first-order valence-corrected chi connectivity index (χ1v) is 12.0. The SMILES string of the molecule is Cc1ccc(NC(=O)N(CC(=O)N(Cc2cccn2C)C2CC2)C2CCCCC2)cc1Cl. The van der Waals surface area contributed by atoms with E-state index in [1.54, 1.807) is 11.0 Å². The number of nitrogens with zero attached hydrogens (tertiary/aromatic N) is 3. The van der Waals surface area contributed by atoms with Crippen LogP contribution >= 0.6 is 11.6 Å². The van der Waals surface area contributed by atoms with Crippen molar-refractivity contribution < 1.29 is 9.59 Å². The van der Waals surface area contributed by atoms with E-state index in [4.69, 9.17) is 11.6 Å². The number of aryl methyl sites for hydroxylation is 2. The zero-order valence-corrected chi connectivity index (χ0v) is 19.8. The van der Waals surface area contributed by atoms with E-state index in [0.717, 1.165) is 49.8 Å². The smallest absolute Gasteiger partial charge is 0.322 e. The molecular formula is C25H33ClN4O2. The van der Waals surface area contributed by atoms with Crippen LogP contribution < -0.4 is 5.32 Å². The van der Waals surface area contributed by atoms with E-state index in [-0.39, 0.29) is 30.6 Å². The van der Waals surface area contributed by atoms with E-state index in [2.05, 4.69) is 16.0 Å². The Kier molecular flexibility index (Phi) is 7.09. The van der Waals surface area contributed by atoms with Crippen molar-refractivity contribution >= 4 is 29.2 Å². The van der Waals surface area contributed by atoms with Gasteiger partial charge in [-0.25, -0.2) is 4.79 Å². The van der Waals surface area contributed by atoms with E-state index < -0.39 is 0 Å². The van der Waals surface area contributed by atoms with Crippen LogP contribution in [0.2, 0.25) is 5.02 Å². The Morgan fingerprint density at radius 2 is 1.78 bits per heavy atom. The standard InChI is InChI=1S/C25H33ClN4O2/c1-18-10-11-19(15-23(18)26)27-25(32)30(20-7-4-3-5-8-20)17-24(31)29(21-12-13-21)16-22-9-6-14-28(22)2/h6,9-11,14-15,20-21H,3-5,7-8,12-13,16-17H2,1-2H3,(H,27,32). The Morgan fingerprint density at radius 1 is 1.06 bits per heavy atom. The molecule has 0 bridgehead atoms. The van der Waals surface area contributed by atoms with Gasteiger partial charge in [-0.2, -0.15) is 0 Å². The van der Waals surface area contributed by atoms with Crippen LogP contribution in [0.15, 0.2) is 36.5 Å². The second-order valence-corrected chi connectivity index (χ2v) is 9.58. The third kappa shape index (κ3) is 5.47. The van der Waals surface area contributed by atoms with Gasteiger partial charge in [0.05, 0.1) is 6.54 Å². The van der Waals surface area contributed by atoms with Crippen LogP contribution in [0.4, 0.5) is 10.5 Å². The first-order chi connectivity index (χ1) is 15.4. The van der Waals surface area contributed by atoms with Gasteiger partial charge in [0.15, 0.2) is 0 Å². The van der Waals surface area contributed by atoms with Gasteiger partial charge in [-0.3, -0.25) is 4.79 Å². The van der Waals surface area contributed by atoms with E-state index in [1.165, 1.54) is 6.42 Å². The number of anilines is 1. The average Bonchev–Trinajstić information content (AvgIpc) is 3.54. The van der Waals surface area contributed by atoms with Crippen LogP contribution in [0.25, 0.3) is 0 Å². The molecule has 172 valence electrons. The van der Waals surface area contributed by atoms with Gasteiger partial charge in [-0.05, 0) is 62.4 Å². The van der Waals surface area contributed by atoms with Crippen molar-refractivity contribution in [1.82, 2.24) is 14.4 Å². The number of benzene rings is 1. The zero-order chi connectivity index (χ0) is 22.7. The number of amides is 3. The number of hydrogen-bond acceptors (Lipinski definition) is 2. The van der Waals surface area contributed by atoms with Gasteiger partial charge in [-0.15, -0.1) is 0 Å². The van der Waals surface area contributed by atoms with Crippen LogP contribution in [0, 0.1) is 6.92 Å². The van der Waals surface area contributed by atoms with Gasteiger partial charge in [0.25, 0.3) is 0 Å². The van der Waals surface area contributed by atoms with Crippen molar-refractivity contribution in [3.05, 3.63) is 52.8 Å². The summed E-state index contributed by atoms with van der Waals surface area (Å²) in [5, 5.41) is 3.60. The molecule has 1 heterocycles. The van der Waals surface area contributed by atoms with Gasteiger partial charge in [0.2, 0.25) is 5.91 Å². The van der Waals surface area contributed by atoms with Crippen LogP contribution in [0.3, 0.4) is 0 Å². The summed E-state index contributed by atoms with van der Waals surface area (Å²) in [5.41, 5.74) is 2.72. The number of halogens is 1. The minimum absolute atomic E-state index is 0.0244. The first kappa shape index (κ1) is 22.7. The summed E-state index contributed by atoms with van der Waals surface area (Å²) in [5.74, 6) is 0.0244. The van der Waals surface area contributed by atoms with Crippen LogP contribution in [0.1, 0.15) is 56.2 Å². The number of rotatable bonds is 7. The molecule has 2 aliphatic rings. The molecule has 1 aromatic heterocycles. The van der Waals surface area contributed by atoms with Gasteiger partial charge in [-0.1, -0.05) is 36.9 Å². The molecule has 1 N–H and O–H groups in total. The van der Waals surface area contributed by atoms with Gasteiger partial charge >= 0.3 is 6.03 Å². The number of urea groups is 1. The highest BCUT2D eigenvalue weighted by atomic mass is 35.5. The van der Waals surface area contributed by atoms with Crippen molar-refractivity contribution in [2.45, 2.75) is 70.5 Å². The third-order valence-electron chi connectivity index (χ3n) is 6.70. The second kappa shape index (κ2) is 9.99. The summed E-state index contributed by atoms with van der Waals surface area (Å²) in [6.45, 7) is 2.62. The minimum Gasteiger partial charge on any atom is -0.353 e. The maximum absolute atomic E-state index is 13.4. The fraction of sp³-hybridized carbons (Fsp3) is 0.520. The van der Waals surface area contributed by atoms with Crippen LogP contribution in [-0.4, -0.2) is 44.9 Å². The Bertz CT molecular complexity index is 963. The summed E-state index contributed by atoms with van der Waals surface area (Å²) in [7, 11) is 2.00. The van der Waals surface area contributed by atoms with Crippen molar-refractivity contribution in [3.63, 3.8) is 0 Å². The molecule has 0 aliphatic heterocycles. The Hall–Kier alpha value is -2.47. The van der Waals surface area contributed by atoms with E-state index in [1.807, 2.05) is 43.3 Å². The number of aromatic nitrogens is 1. The van der Waals surface area contributed by atoms with Crippen LogP contribution in [0.5, 0.6) is 0 Å². The molecule has 7 heteroatoms. The highest BCUT2D eigenvalue weighted by Gasteiger charge is 2.36. The third-order valence-corrected chi connectivity index (χ3v) is 7.10. The Labute approximate surface area is 195 Å². The van der Waals surface area contributed by atoms with Gasteiger partial charge < -0.3 is 19.7 Å². The predicted octanol–water partition coefficient (Wildman–Crippen LogP) is 5.34. The minimum atomic E-state index is -0.222. The summed E-state index contributed by atoms with van der Waals surface area (Å²) in [6.07, 6.45) is 9.33. The van der Waals surface area contributed by atoms with Crippen molar-refractivity contribution in [2.24, 2.45) is 7.05 Å². The van der Waals surface area contributed by atoms with E-state index >= 15 is 0 Å². The number of carbonyl (C=O) groups is 2. The number of carbonyl (C=O) groups excluding carboxylic acids is 2. The maximum Gasteiger partial charge on any atom is 0.322 e. The molecular weight excluding hydrogens is 424 g/mol. The summed E-state index contributed by atoms with van der Waals surface area (Å²) >= 11 is 6.25. The molecule has 2 fully saturated rings. The molecule has 0 spiro atoms. The largest absolute Gasteiger partial charge is 0.353 e. The normalized spacial score (nSPS) is 16.6. The second-order valence-electron chi connectivity index (χ2n) is 9.18. The zero-order valence-electron chi connectivity index (χ0n) is 19.0. The van der Waals surface area contributed by atoms with E-state index in [0.29, 0.717) is 17.3 Å². The molecule has 2 saturated carbocycles. The molecule has 1 aromatic carbocycles. The lowest BCUT2D eigenvalue weighted by Gasteiger charge is -2.35. The highest BCUT2D eigenvalue weighted by molar-refractivity contribution is 6.31. The fourth-order valence-electron chi connectivity index (χ4n) is 4.50. The predicted molar refractivity (Wildman–Crippen MR) is 128 cm³/mol. The number of nitrogens with one attached hydrogen (secondary N) is 1. The van der Waals surface area contributed by atoms with Crippen molar-refractivity contribution in [2.75, 3.05) is 11.9 Å². The van der Waals surface area contributed by atoms with E-state index in [9.17, 15) is 9.59 Å². The lowest BCUT2D eigenvalue weighted by molar-refractivity contribution is -0.133. The Balaban J connectivity index is 1.50. The molecule has 0 unspecified atom stereocenters. The molecule has 6 nitrogen and oxygen atoms in total. The molecule has 0 radical (unpaired) electrons. The molecule has 2 aromatic rings.